The molecule has 80 valence electrons. The minimum Gasteiger partial charge on any atom is -0.381 e. The number of hydrogen-bond acceptors (Lipinski definition) is 1. The summed E-state index contributed by atoms with van der Waals surface area (Å²) in [6.45, 7) is 7.20. The van der Waals surface area contributed by atoms with Gasteiger partial charge in [-0.05, 0) is 46.0 Å². The lowest BCUT2D eigenvalue weighted by Gasteiger charge is -2.34. The van der Waals surface area contributed by atoms with Gasteiger partial charge in [-0.1, -0.05) is 5.92 Å². The number of piperidine rings is 1. The molecule has 0 aromatic heterocycles. The number of nitrogens with one attached hydrogen (secondary N) is 1. The molecular formula is C12H22NO+. The smallest absolute Gasteiger partial charge is 0.139 e. The summed E-state index contributed by atoms with van der Waals surface area (Å²) in [4.78, 5) is 1.59. The van der Waals surface area contributed by atoms with E-state index in [0.717, 1.165) is 18.6 Å². The largest absolute Gasteiger partial charge is 0.381 e. The molecule has 2 heteroatoms. The van der Waals surface area contributed by atoms with Crippen LogP contribution in [-0.2, 0) is 0 Å². The van der Waals surface area contributed by atoms with Gasteiger partial charge in [0.05, 0.1) is 12.1 Å². The third-order valence-electron chi connectivity index (χ3n) is 3.14. The Morgan fingerprint density at radius 3 is 2.43 bits per heavy atom. The number of quaternary nitrogens is 1. The molecule has 0 spiro atoms. The highest BCUT2D eigenvalue weighted by atomic mass is 16.3. The van der Waals surface area contributed by atoms with Crippen molar-refractivity contribution in [1.82, 2.24) is 0 Å². The molecule has 2 nitrogen and oxygen atoms in total. The molecule has 0 aliphatic carbocycles. The minimum atomic E-state index is -0.482. The summed E-state index contributed by atoms with van der Waals surface area (Å²) < 4.78 is 0. The number of hydrogen-bond donors (Lipinski definition) is 2. The van der Waals surface area contributed by atoms with E-state index in [4.69, 9.17) is 5.11 Å². The summed E-state index contributed by atoms with van der Waals surface area (Å²) in [5, 5.41) is 9.03. The summed E-state index contributed by atoms with van der Waals surface area (Å²) in [6.07, 6.45) is 3.51. The Balaban J connectivity index is 2.45. The summed E-state index contributed by atoms with van der Waals surface area (Å²) >= 11 is 0. The zero-order valence-corrected chi connectivity index (χ0v) is 9.51. The van der Waals surface area contributed by atoms with Gasteiger partial charge in [0.15, 0.2) is 0 Å². The van der Waals surface area contributed by atoms with E-state index in [2.05, 4.69) is 25.7 Å². The van der Waals surface area contributed by atoms with Crippen LogP contribution in [0, 0.1) is 11.8 Å². The summed E-state index contributed by atoms with van der Waals surface area (Å²) in [5.74, 6) is 5.90. The highest BCUT2D eigenvalue weighted by Gasteiger charge is 2.27. The van der Waals surface area contributed by atoms with Gasteiger partial charge in [-0.25, -0.2) is 0 Å². The van der Waals surface area contributed by atoms with Gasteiger partial charge in [0, 0.05) is 0 Å². The Labute approximate surface area is 87.3 Å². The van der Waals surface area contributed by atoms with Gasteiger partial charge in [0.2, 0.25) is 0 Å². The van der Waals surface area contributed by atoms with Gasteiger partial charge in [0.1, 0.15) is 12.6 Å². The second kappa shape index (κ2) is 5.38. The third kappa shape index (κ3) is 3.32. The zero-order chi connectivity index (χ0) is 10.6. The molecule has 14 heavy (non-hydrogen) atoms. The van der Waals surface area contributed by atoms with Gasteiger partial charge in [-0.2, -0.15) is 0 Å². The predicted octanol–water partition coefficient (Wildman–Crippen LogP) is 0.216. The number of aliphatic hydroxyl groups excluding tert-OH is 1. The summed E-state index contributed by atoms with van der Waals surface area (Å²) in [7, 11) is 0. The van der Waals surface area contributed by atoms with E-state index in [9.17, 15) is 0 Å². The Morgan fingerprint density at radius 2 is 1.93 bits per heavy atom. The minimum absolute atomic E-state index is 0.482. The fourth-order valence-electron chi connectivity index (χ4n) is 2.24. The number of rotatable bonds is 1. The Bertz CT molecular complexity index is 216. The lowest BCUT2D eigenvalue weighted by molar-refractivity contribution is -0.944. The van der Waals surface area contributed by atoms with Crippen molar-refractivity contribution in [1.29, 1.82) is 0 Å². The first-order chi connectivity index (χ1) is 6.61. The molecule has 0 unspecified atom stereocenters. The number of likely N-dealkylation sites (tertiary alicyclic amines) is 1. The normalized spacial score (nSPS) is 30.6. The van der Waals surface area contributed by atoms with Crippen LogP contribution in [0.15, 0.2) is 0 Å². The second-order valence-electron chi connectivity index (χ2n) is 4.48. The van der Waals surface area contributed by atoms with Crippen LogP contribution in [0.25, 0.3) is 0 Å². The van der Waals surface area contributed by atoms with Gasteiger partial charge in [-0.15, -0.1) is 0 Å². The van der Waals surface area contributed by atoms with Crippen LogP contribution in [0.2, 0.25) is 0 Å². The van der Waals surface area contributed by atoms with Gasteiger partial charge < -0.3 is 10.0 Å². The first-order valence-electron chi connectivity index (χ1n) is 5.63. The van der Waals surface area contributed by atoms with Crippen LogP contribution in [0.1, 0.15) is 40.0 Å². The molecule has 1 rings (SSSR count). The topological polar surface area (TPSA) is 24.7 Å². The predicted molar refractivity (Wildman–Crippen MR) is 58.1 cm³/mol. The molecule has 3 atom stereocenters. The second-order valence-corrected chi connectivity index (χ2v) is 4.48. The molecule has 0 bridgehead atoms. The zero-order valence-electron chi connectivity index (χ0n) is 9.51. The van der Waals surface area contributed by atoms with Crippen molar-refractivity contribution in [3.05, 3.63) is 0 Å². The van der Waals surface area contributed by atoms with Crippen molar-refractivity contribution in [3.8, 4) is 11.8 Å². The molecule has 0 aromatic carbocycles. The van der Waals surface area contributed by atoms with Crippen LogP contribution in [0.3, 0.4) is 0 Å². The SMILES string of the molecule is C[C@@H]1CCC[C@@H](C)[NH+]1CC#C[C@@H](C)O. The fourth-order valence-corrected chi connectivity index (χ4v) is 2.24. The van der Waals surface area contributed by atoms with E-state index in [-0.39, 0.29) is 0 Å². The van der Waals surface area contributed by atoms with E-state index in [1.807, 2.05) is 0 Å². The van der Waals surface area contributed by atoms with Gasteiger partial charge >= 0.3 is 0 Å². The molecule has 2 N–H and O–H groups in total. The van der Waals surface area contributed by atoms with Crippen LogP contribution in [-0.4, -0.2) is 29.8 Å². The molecule has 1 saturated heterocycles. The molecule has 1 aliphatic rings. The first-order valence-corrected chi connectivity index (χ1v) is 5.63. The fraction of sp³-hybridized carbons (Fsp3) is 0.833. The van der Waals surface area contributed by atoms with E-state index in [0.29, 0.717) is 0 Å². The first kappa shape index (κ1) is 11.6. The van der Waals surface area contributed by atoms with Crippen LogP contribution >= 0.6 is 0 Å². The average molecular weight is 196 g/mol. The maximum absolute atomic E-state index is 9.03. The number of aliphatic hydroxyl groups is 1. The van der Waals surface area contributed by atoms with Crippen molar-refractivity contribution in [2.45, 2.75) is 58.2 Å². The molecule has 1 aliphatic heterocycles. The molecule has 0 saturated carbocycles. The monoisotopic (exact) mass is 196 g/mol. The lowest BCUT2D eigenvalue weighted by Crippen LogP contribution is -3.19. The van der Waals surface area contributed by atoms with Crippen molar-refractivity contribution in [2.24, 2.45) is 0 Å². The van der Waals surface area contributed by atoms with Crippen LogP contribution in [0.5, 0.6) is 0 Å². The standard InChI is InChI=1S/C12H21NO/c1-10-6-4-7-11(2)13(10)9-5-8-12(3)14/h10-12,14H,4,6-7,9H2,1-3H3/p+1/t10-,11-,12-/m1/s1. The molecular weight excluding hydrogens is 174 g/mol. The Hall–Kier alpha value is -0.520. The maximum atomic E-state index is 9.03. The molecule has 0 aromatic rings. The van der Waals surface area contributed by atoms with Crippen molar-refractivity contribution >= 4 is 0 Å². The van der Waals surface area contributed by atoms with Crippen molar-refractivity contribution < 1.29 is 10.0 Å². The van der Waals surface area contributed by atoms with E-state index < -0.39 is 6.10 Å². The van der Waals surface area contributed by atoms with Crippen LogP contribution in [0.4, 0.5) is 0 Å². The summed E-state index contributed by atoms with van der Waals surface area (Å²) in [6, 6.07) is 1.45. The quantitative estimate of drug-likeness (QED) is 0.576. The average Bonchev–Trinajstić information content (AvgIpc) is 2.09. The molecule has 0 amide bonds. The highest BCUT2D eigenvalue weighted by molar-refractivity contribution is 5.03. The molecule has 1 fully saturated rings. The van der Waals surface area contributed by atoms with E-state index in [1.165, 1.54) is 19.3 Å². The Morgan fingerprint density at radius 1 is 1.36 bits per heavy atom. The Kier molecular flexibility index (Phi) is 4.44. The maximum Gasteiger partial charge on any atom is 0.139 e. The van der Waals surface area contributed by atoms with Crippen LogP contribution < -0.4 is 4.90 Å². The third-order valence-corrected chi connectivity index (χ3v) is 3.14. The lowest BCUT2D eigenvalue weighted by atomic mass is 9.98. The van der Waals surface area contributed by atoms with Gasteiger partial charge in [-0.3, -0.25) is 0 Å². The van der Waals surface area contributed by atoms with Crippen molar-refractivity contribution in [3.63, 3.8) is 0 Å². The molecule has 0 radical (unpaired) electrons. The van der Waals surface area contributed by atoms with Gasteiger partial charge in [0.25, 0.3) is 0 Å². The van der Waals surface area contributed by atoms with Crippen molar-refractivity contribution in [2.75, 3.05) is 6.54 Å². The van der Waals surface area contributed by atoms with E-state index in [1.54, 1.807) is 11.8 Å². The summed E-state index contributed by atoms with van der Waals surface area (Å²) in [5.41, 5.74) is 0. The van der Waals surface area contributed by atoms with E-state index >= 15 is 0 Å². The molecule has 1 heterocycles. The highest BCUT2D eigenvalue weighted by Crippen LogP contribution is 2.06.